The molecule has 8 nitrogen and oxygen atoms in total. The molecule has 164 valence electrons. The number of hydrogen-bond acceptors (Lipinski definition) is 5. The number of pyridine rings is 1. The van der Waals surface area contributed by atoms with Gasteiger partial charge in [-0.15, -0.1) is 0 Å². The van der Waals surface area contributed by atoms with Crippen LogP contribution in [0, 0.1) is 12.7 Å². The summed E-state index contributed by atoms with van der Waals surface area (Å²) in [5, 5.41) is 6.66. The van der Waals surface area contributed by atoms with Gasteiger partial charge in [0.05, 0.1) is 5.69 Å². The molecular formula is C23H21FN4O4. The minimum absolute atomic E-state index is 0.0846. The van der Waals surface area contributed by atoms with Crippen LogP contribution in [0.5, 0.6) is 0 Å². The van der Waals surface area contributed by atoms with Crippen LogP contribution in [0.1, 0.15) is 50.6 Å². The maximum atomic E-state index is 13.4. The first kappa shape index (κ1) is 20.2. The zero-order valence-electron chi connectivity index (χ0n) is 17.4. The molecule has 0 radical (unpaired) electrons. The SMILES string of the molecule is Cc1cc(C(=O)N2CCc3c(cn(-c4ccc(F)cc4)c(=O)c3C(=O)NC3CC3)C2)on1. The van der Waals surface area contributed by atoms with Crippen molar-refractivity contribution in [2.45, 2.75) is 38.8 Å². The molecule has 9 heteroatoms. The Kier molecular flexibility index (Phi) is 4.88. The second-order valence-corrected chi connectivity index (χ2v) is 8.22. The molecule has 1 aromatic carbocycles. The van der Waals surface area contributed by atoms with E-state index in [1.165, 1.54) is 28.8 Å². The zero-order valence-corrected chi connectivity index (χ0v) is 17.4. The van der Waals surface area contributed by atoms with Crippen molar-refractivity contribution in [3.63, 3.8) is 0 Å². The Morgan fingerprint density at radius 2 is 1.97 bits per heavy atom. The Morgan fingerprint density at radius 3 is 2.62 bits per heavy atom. The first-order chi connectivity index (χ1) is 15.4. The highest BCUT2D eigenvalue weighted by Crippen LogP contribution is 2.25. The maximum Gasteiger partial charge on any atom is 0.292 e. The Morgan fingerprint density at radius 1 is 1.22 bits per heavy atom. The topological polar surface area (TPSA) is 97.4 Å². The highest BCUT2D eigenvalue weighted by atomic mass is 19.1. The van der Waals surface area contributed by atoms with E-state index in [1.54, 1.807) is 24.1 Å². The summed E-state index contributed by atoms with van der Waals surface area (Å²) in [7, 11) is 0. The number of halogens is 1. The van der Waals surface area contributed by atoms with E-state index < -0.39 is 17.3 Å². The van der Waals surface area contributed by atoms with Gasteiger partial charge in [-0.25, -0.2) is 4.39 Å². The van der Waals surface area contributed by atoms with E-state index in [1.807, 2.05) is 0 Å². The number of benzene rings is 1. The minimum Gasteiger partial charge on any atom is -0.351 e. The lowest BCUT2D eigenvalue weighted by Crippen LogP contribution is -2.41. The van der Waals surface area contributed by atoms with E-state index in [-0.39, 0.29) is 29.8 Å². The lowest BCUT2D eigenvalue weighted by atomic mass is 9.95. The molecule has 0 atom stereocenters. The molecule has 1 saturated carbocycles. The molecule has 2 aromatic heterocycles. The molecule has 0 saturated heterocycles. The number of nitrogens with one attached hydrogen (secondary N) is 1. The van der Waals surface area contributed by atoms with E-state index in [0.717, 1.165) is 12.8 Å². The molecule has 1 aliphatic carbocycles. The first-order valence-electron chi connectivity index (χ1n) is 10.5. The van der Waals surface area contributed by atoms with E-state index >= 15 is 0 Å². The van der Waals surface area contributed by atoms with E-state index in [9.17, 15) is 18.8 Å². The summed E-state index contributed by atoms with van der Waals surface area (Å²) in [5.74, 6) is -0.995. The largest absolute Gasteiger partial charge is 0.351 e. The fourth-order valence-electron chi connectivity index (χ4n) is 3.96. The van der Waals surface area contributed by atoms with Crippen molar-refractivity contribution in [2.24, 2.45) is 0 Å². The first-order valence-corrected chi connectivity index (χ1v) is 10.5. The van der Waals surface area contributed by atoms with Crippen molar-refractivity contribution in [3.05, 3.63) is 80.8 Å². The average Bonchev–Trinajstić information content (AvgIpc) is 3.49. The number of fused-ring (bicyclic) bond motifs is 1. The highest BCUT2D eigenvalue weighted by molar-refractivity contribution is 5.96. The van der Waals surface area contributed by atoms with E-state index in [2.05, 4.69) is 10.5 Å². The van der Waals surface area contributed by atoms with Gasteiger partial charge in [0.2, 0.25) is 5.76 Å². The lowest BCUT2D eigenvalue weighted by Gasteiger charge is -2.29. The van der Waals surface area contributed by atoms with Crippen molar-refractivity contribution in [3.8, 4) is 5.69 Å². The molecule has 3 heterocycles. The van der Waals surface area contributed by atoms with Crippen LogP contribution in [0.3, 0.4) is 0 Å². The predicted octanol–water partition coefficient (Wildman–Crippen LogP) is 2.36. The molecule has 0 unspecified atom stereocenters. The Balaban J connectivity index is 1.57. The number of aromatic nitrogens is 2. The van der Waals surface area contributed by atoms with Crippen LogP contribution in [0.15, 0.2) is 45.8 Å². The Hall–Kier alpha value is -3.75. The molecule has 0 spiro atoms. The minimum atomic E-state index is -0.459. The molecule has 32 heavy (non-hydrogen) atoms. The van der Waals surface area contributed by atoms with Crippen LogP contribution in [0.4, 0.5) is 4.39 Å². The number of rotatable bonds is 4. The predicted molar refractivity (Wildman–Crippen MR) is 112 cm³/mol. The third-order valence-corrected chi connectivity index (χ3v) is 5.77. The van der Waals surface area contributed by atoms with Gasteiger partial charge in [-0.3, -0.25) is 19.0 Å². The van der Waals surface area contributed by atoms with Crippen LogP contribution in [-0.4, -0.2) is 39.0 Å². The molecule has 1 N–H and O–H groups in total. The van der Waals surface area contributed by atoms with Crippen LogP contribution in [-0.2, 0) is 13.0 Å². The van der Waals surface area contributed by atoms with Gasteiger partial charge in [-0.2, -0.15) is 0 Å². The Bertz CT molecular complexity index is 1270. The number of carbonyl (C=O) groups is 2. The maximum absolute atomic E-state index is 13.4. The third-order valence-electron chi connectivity index (χ3n) is 5.77. The quantitative estimate of drug-likeness (QED) is 0.677. The normalized spacial score (nSPS) is 15.4. The van der Waals surface area contributed by atoms with Crippen LogP contribution >= 0.6 is 0 Å². The lowest BCUT2D eigenvalue weighted by molar-refractivity contribution is 0.0691. The smallest absolute Gasteiger partial charge is 0.292 e. The van der Waals surface area contributed by atoms with Gasteiger partial charge in [-0.1, -0.05) is 5.16 Å². The van der Waals surface area contributed by atoms with Gasteiger partial charge in [0.25, 0.3) is 17.4 Å². The Labute approximate surface area is 182 Å². The van der Waals surface area contributed by atoms with Crippen molar-refractivity contribution >= 4 is 11.8 Å². The molecule has 2 aliphatic rings. The highest BCUT2D eigenvalue weighted by Gasteiger charge is 2.32. The van der Waals surface area contributed by atoms with Gasteiger partial charge in [0, 0.05) is 37.1 Å². The van der Waals surface area contributed by atoms with E-state index in [0.29, 0.717) is 35.5 Å². The fraction of sp³-hybridized carbons (Fsp3) is 0.304. The monoisotopic (exact) mass is 436 g/mol. The van der Waals surface area contributed by atoms with Crippen LogP contribution < -0.4 is 10.9 Å². The standard InChI is InChI=1S/C23H21FN4O4/c1-13-10-19(32-26-13)22(30)27-9-8-18-14(11-27)12-28(17-6-2-15(24)3-7-17)23(31)20(18)21(29)25-16-4-5-16/h2-3,6-7,10,12,16H,4-5,8-9,11H2,1H3,(H,25,29). The molecule has 5 rings (SSSR count). The van der Waals surface area contributed by atoms with Gasteiger partial charge >= 0.3 is 0 Å². The second-order valence-electron chi connectivity index (χ2n) is 8.22. The number of aryl methyl sites for hydroxylation is 1. The zero-order chi connectivity index (χ0) is 22.4. The summed E-state index contributed by atoms with van der Waals surface area (Å²) in [6.45, 7) is 2.28. The fourth-order valence-corrected chi connectivity index (χ4v) is 3.96. The number of nitrogens with zero attached hydrogens (tertiary/aromatic N) is 3. The van der Waals surface area contributed by atoms with Gasteiger partial charge in [0.15, 0.2) is 0 Å². The van der Waals surface area contributed by atoms with Crippen molar-refractivity contribution in [1.29, 1.82) is 0 Å². The third kappa shape index (κ3) is 3.70. The summed E-state index contributed by atoms with van der Waals surface area (Å²) < 4.78 is 19.9. The second kappa shape index (κ2) is 7.74. The average molecular weight is 436 g/mol. The molecular weight excluding hydrogens is 415 g/mol. The molecule has 1 aliphatic heterocycles. The van der Waals surface area contributed by atoms with Gasteiger partial charge < -0.3 is 14.7 Å². The van der Waals surface area contributed by atoms with Crippen molar-refractivity contribution in [1.82, 2.24) is 19.9 Å². The number of carbonyl (C=O) groups excluding carboxylic acids is 2. The van der Waals surface area contributed by atoms with E-state index in [4.69, 9.17) is 4.52 Å². The van der Waals surface area contributed by atoms with Crippen LogP contribution in [0.2, 0.25) is 0 Å². The summed E-state index contributed by atoms with van der Waals surface area (Å²) in [4.78, 5) is 40.7. The van der Waals surface area contributed by atoms with Gasteiger partial charge in [-0.05, 0) is 61.6 Å². The summed E-state index contributed by atoms with van der Waals surface area (Å²) in [6, 6.07) is 7.14. The molecule has 3 aromatic rings. The molecule has 1 fully saturated rings. The number of hydrogen-bond donors (Lipinski definition) is 1. The number of amides is 2. The van der Waals surface area contributed by atoms with Crippen molar-refractivity contribution in [2.75, 3.05) is 6.54 Å². The molecule has 0 bridgehead atoms. The summed E-state index contributed by atoms with van der Waals surface area (Å²) in [5.41, 5.74) is 2.00. The molecule has 2 amide bonds. The van der Waals surface area contributed by atoms with Crippen LogP contribution in [0.25, 0.3) is 5.69 Å². The van der Waals surface area contributed by atoms with Gasteiger partial charge in [0.1, 0.15) is 11.4 Å². The van der Waals surface area contributed by atoms with Crippen molar-refractivity contribution < 1.29 is 18.5 Å². The summed E-state index contributed by atoms with van der Waals surface area (Å²) in [6.07, 6.45) is 3.78. The summed E-state index contributed by atoms with van der Waals surface area (Å²) >= 11 is 0.